The second-order valence-electron chi connectivity index (χ2n) is 10.5. The number of nitrogens with one attached hydrogen (secondary N) is 2. The van der Waals surface area contributed by atoms with Crippen molar-refractivity contribution >= 4 is 11.6 Å². The van der Waals surface area contributed by atoms with Crippen LogP contribution in [0.4, 0.5) is 32.0 Å². The van der Waals surface area contributed by atoms with E-state index in [1.54, 1.807) is 0 Å². The van der Waals surface area contributed by atoms with Crippen molar-refractivity contribution in [2.24, 2.45) is 0 Å². The monoisotopic (exact) mass is 542 g/mol. The fraction of sp³-hybridized carbons (Fsp3) is 0.538. The maximum Gasteiger partial charge on any atom is 0.266 e. The molecule has 4 aliphatic rings. The van der Waals surface area contributed by atoms with Crippen LogP contribution in [0.5, 0.6) is 0 Å². The molecule has 1 aromatic heterocycles. The highest BCUT2D eigenvalue weighted by Crippen LogP contribution is 2.48. The summed E-state index contributed by atoms with van der Waals surface area (Å²) >= 11 is 0. The zero-order valence-corrected chi connectivity index (χ0v) is 20.6. The third-order valence-corrected chi connectivity index (χ3v) is 8.14. The predicted molar refractivity (Wildman–Crippen MR) is 128 cm³/mol. The number of carbonyl (C=O) groups is 1. The highest BCUT2D eigenvalue weighted by Gasteiger charge is 2.54. The minimum Gasteiger partial charge on any atom is -0.377 e. The number of anilines is 1. The number of nitrogens with zero attached hydrogens (tertiary/aromatic N) is 2. The lowest BCUT2D eigenvalue weighted by Crippen LogP contribution is -2.62. The molecular formula is C26H28F6N4O2. The summed E-state index contributed by atoms with van der Waals surface area (Å²) in [4.78, 5) is 28.4. The number of rotatable bonds is 8. The first-order chi connectivity index (χ1) is 17.9. The molecule has 38 heavy (non-hydrogen) atoms. The van der Waals surface area contributed by atoms with Crippen LogP contribution in [0.1, 0.15) is 66.6 Å². The minimum atomic E-state index is -3.06. The molecule has 1 unspecified atom stereocenters. The summed E-state index contributed by atoms with van der Waals surface area (Å²) in [5.41, 5.74) is -5.30. The number of benzene rings is 1. The van der Waals surface area contributed by atoms with Crippen LogP contribution in [-0.4, -0.2) is 53.1 Å². The number of alkyl halides is 5. The molecule has 2 aromatic rings. The van der Waals surface area contributed by atoms with Gasteiger partial charge in [-0.3, -0.25) is 9.59 Å². The van der Waals surface area contributed by atoms with E-state index in [9.17, 15) is 31.5 Å². The van der Waals surface area contributed by atoms with Gasteiger partial charge in [0.15, 0.2) is 0 Å². The molecule has 12 heteroatoms. The molecule has 4 heterocycles. The Balaban J connectivity index is 1.49. The number of pyridine rings is 1. The number of carbonyl (C=O) groups excluding carboxylic acids is 1. The Morgan fingerprint density at radius 1 is 1.08 bits per heavy atom. The molecule has 0 spiro atoms. The van der Waals surface area contributed by atoms with Gasteiger partial charge in [0.05, 0.1) is 28.9 Å². The second-order valence-corrected chi connectivity index (χ2v) is 10.5. The van der Waals surface area contributed by atoms with Crippen LogP contribution in [-0.2, 0) is 5.54 Å². The third kappa shape index (κ3) is 4.56. The summed E-state index contributed by atoms with van der Waals surface area (Å²) < 4.78 is 85.2. The molecular weight excluding hydrogens is 514 g/mol. The van der Waals surface area contributed by atoms with E-state index in [4.69, 9.17) is 0 Å². The van der Waals surface area contributed by atoms with Crippen LogP contribution in [0.25, 0.3) is 0 Å². The minimum absolute atomic E-state index is 0.0291. The van der Waals surface area contributed by atoms with Gasteiger partial charge in [0.1, 0.15) is 17.0 Å². The molecule has 0 radical (unpaired) electrons. The molecule has 3 aliphatic heterocycles. The van der Waals surface area contributed by atoms with Crippen molar-refractivity contribution in [2.75, 3.05) is 25.0 Å². The Labute approximate surface area is 215 Å². The maximum atomic E-state index is 15.6. The Bertz CT molecular complexity index is 1290. The summed E-state index contributed by atoms with van der Waals surface area (Å²) in [7, 11) is 0. The van der Waals surface area contributed by atoms with Crippen molar-refractivity contribution in [1.82, 2.24) is 14.8 Å². The molecule has 1 amide bonds. The number of hydrogen-bond acceptors (Lipinski definition) is 4. The smallest absolute Gasteiger partial charge is 0.266 e. The first kappa shape index (κ1) is 26.6. The first-order valence-electron chi connectivity index (χ1n) is 12.6. The van der Waals surface area contributed by atoms with E-state index in [1.165, 1.54) is 19.1 Å². The fourth-order valence-corrected chi connectivity index (χ4v) is 5.54. The standard InChI is InChI=1S/C26H28F6N4O2/c1-14(15-3-2-4-16(21(15)27)22(28)29)33-23(38)17-12-36(26(5-6-26)24(30)31)20(37)11-18(17)34-19-13-35-9-7-25(19,32)8-10-35/h2-4,11-12,14,19,22,24,34H,5-10,13H2,1H3,(H,33,38)/t14?,19-/m0/s1. The summed E-state index contributed by atoms with van der Waals surface area (Å²) in [6.45, 7) is 2.90. The number of amides is 1. The van der Waals surface area contributed by atoms with Crippen molar-refractivity contribution in [3.63, 3.8) is 0 Å². The quantitative estimate of drug-likeness (QED) is 0.472. The number of halogens is 6. The van der Waals surface area contributed by atoms with Gasteiger partial charge in [-0.2, -0.15) is 0 Å². The average molecular weight is 543 g/mol. The number of aromatic nitrogens is 1. The SMILES string of the molecule is CC(NC(=O)c1cn(C2(C(F)F)CC2)c(=O)cc1N[C@H]1CN2CCC1(F)CC2)c1cccc(C(F)F)c1F. The van der Waals surface area contributed by atoms with E-state index in [-0.39, 0.29) is 42.5 Å². The molecule has 1 aromatic carbocycles. The van der Waals surface area contributed by atoms with Gasteiger partial charge in [0.25, 0.3) is 24.3 Å². The van der Waals surface area contributed by atoms with Crippen molar-refractivity contribution in [3.8, 4) is 0 Å². The second kappa shape index (κ2) is 9.62. The molecule has 2 atom stereocenters. The molecule has 6 nitrogen and oxygen atoms in total. The average Bonchev–Trinajstić information content (AvgIpc) is 3.67. The van der Waals surface area contributed by atoms with Gasteiger partial charge < -0.3 is 20.1 Å². The van der Waals surface area contributed by atoms with Gasteiger partial charge in [0.2, 0.25) is 0 Å². The van der Waals surface area contributed by atoms with Gasteiger partial charge in [-0.05, 0) is 32.6 Å². The predicted octanol–water partition coefficient (Wildman–Crippen LogP) is 4.77. The fourth-order valence-electron chi connectivity index (χ4n) is 5.54. The molecule has 2 bridgehead atoms. The van der Waals surface area contributed by atoms with Gasteiger partial charge in [-0.1, -0.05) is 18.2 Å². The van der Waals surface area contributed by atoms with Gasteiger partial charge in [-0.15, -0.1) is 0 Å². The lowest BCUT2D eigenvalue weighted by atomic mass is 9.80. The molecule has 4 fully saturated rings. The summed E-state index contributed by atoms with van der Waals surface area (Å²) in [6.07, 6.45) is -4.24. The van der Waals surface area contributed by atoms with E-state index in [2.05, 4.69) is 15.5 Å². The van der Waals surface area contributed by atoms with E-state index >= 15 is 4.39 Å². The van der Waals surface area contributed by atoms with Gasteiger partial charge in [0, 0.05) is 37.5 Å². The summed E-state index contributed by atoms with van der Waals surface area (Å²) in [5, 5.41) is 5.49. The lowest BCUT2D eigenvalue weighted by Gasteiger charge is -2.49. The van der Waals surface area contributed by atoms with Gasteiger partial charge >= 0.3 is 0 Å². The first-order valence-corrected chi connectivity index (χ1v) is 12.6. The number of fused-ring (bicyclic) bond motifs is 3. The van der Waals surface area contributed by atoms with E-state index in [1.807, 2.05) is 0 Å². The molecule has 6 rings (SSSR count). The molecule has 1 aliphatic carbocycles. The Morgan fingerprint density at radius 2 is 1.74 bits per heavy atom. The van der Waals surface area contributed by atoms with E-state index in [0.717, 1.165) is 22.9 Å². The zero-order valence-electron chi connectivity index (χ0n) is 20.6. The van der Waals surface area contributed by atoms with Crippen molar-refractivity contribution in [2.45, 2.75) is 68.7 Å². The zero-order chi connectivity index (χ0) is 27.4. The lowest BCUT2D eigenvalue weighted by molar-refractivity contribution is -0.0176. The van der Waals surface area contributed by atoms with E-state index < -0.39 is 59.0 Å². The number of piperidine rings is 3. The Morgan fingerprint density at radius 3 is 2.32 bits per heavy atom. The van der Waals surface area contributed by atoms with Crippen molar-refractivity contribution in [1.29, 1.82) is 0 Å². The summed E-state index contributed by atoms with van der Waals surface area (Å²) in [6, 6.07) is 2.63. The van der Waals surface area contributed by atoms with Crippen molar-refractivity contribution < 1.29 is 31.1 Å². The molecule has 2 N–H and O–H groups in total. The van der Waals surface area contributed by atoms with Crippen molar-refractivity contribution in [3.05, 3.63) is 63.3 Å². The largest absolute Gasteiger partial charge is 0.377 e. The normalized spacial score (nSPS) is 26.4. The van der Waals surface area contributed by atoms with Crippen LogP contribution in [0.3, 0.4) is 0 Å². The number of hydrogen-bond donors (Lipinski definition) is 2. The Hall–Kier alpha value is -3.02. The van der Waals surface area contributed by atoms with Gasteiger partial charge in [-0.25, -0.2) is 26.3 Å². The molecule has 206 valence electrons. The van der Waals surface area contributed by atoms with E-state index in [0.29, 0.717) is 19.6 Å². The third-order valence-electron chi connectivity index (χ3n) is 8.14. The highest BCUT2D eigenvalue weighted by molar-refractivity contribution is 5.99. The van der Waals surface area contributed by atoms with Crippen LogP contribution in [0, 0.1) is 5.82 Å². The summed E-state index contributed by atoms with van der Waals surface area (Å²) in [5.74, 6) is -2.02. The van der Waals surface area contributed by atoms with Crippen LogP contribution >= 0.6 is 0 Å². The van der Waals surface area contributed by atoms with Crippen LogP contribution < -0.4 is 16.2 Å². The Kier molecular flexibility index (Phi) is 6.73. The maximum absolute atomic E-state index is 15.6. The highest BCUT2D eigenvalue weighted by atomic mass is 19.3. The molecule has 3 saturated heterocycles. The van der Waals surface area contributed by atoms with Crippen LogP contribution in [0.15, 0.2) is 35.3 Å². The topological polar surface area (TPSA) is 66.4 Å². The molecule has 1 saturated carbocycles. The van der Waals surface area contributed by atoms with Crippen LogP contribution in [0.2, 0.25) is 0 Å².